The lowest BCUT2D eigenvalue weighted by Gasteiger charge is -2.30. The van der Waals surface area contributed by atoms with Gasteiger partial charge in [-0.15, -0.1) is 0 Å². The molecule has 0 saturated heterocycles. The SMILES string of the molecule is CCCCCCCCCCCCCC[N+](C)(C)CCCCC(C)CC. The Labute approximate surface area is 161 Å². The molecule has 0 radical (unpaired) electrons. The third-order valence-electron chi connectivity index (χ3n) is 6.02. The summed E-state index contributed by atoms with van der Waals surface area (Å²) < 4.78 is 1.23. The summed E-state index contributed by atoms with van der Waals surface area (Å²) in [5.41, 5.74) is 0. The molecule has 1 atom stereocenters. The van der Waals surface area contributed by atoms with Crippen LogP contribution in [-0.4, -0.2) is 31.7 Å². The summed E-state index contributed by atoms with van der Waals surface area (Å²) in [7, 11) is 4.86. The van der Waals surface area contributed by atoms with Gasteiger partial charge in [0.1, 0.15) is 0 Å². The molecule has 0 fully saturated rings. The van der Waals surface area contributed by atoms with E-state index >= 15 is 0 Å². The number of hydrogen-bond donors (Lipinski definition) is 0. The molecular weight excluding hydrogens is 302 g/mol. The molecule has 0 aromatic rings. The average molecular weight is 355 g/mol. The molecule has 1 heteroatoms. The van der Waals surface area contributed by atoms with Gasteiger partial charge in [0.2, 0.25) is 0 Å². The van der Waals surface area contributed by atoms with E-state index in [9.17, 15) is 0 Å². The van der Waals surface area contributed by atoms with Crippen molar-refractivity contribution >= 4 is 0 Å². The van der Waals surface area contributed by atoms with Gasteiger partial charge in [-0.05, 0) is 31.6 Å². The minimum absolute atomic E-state index is 0.923. The largest absolute Gasteiger partial charge is 0.328 e. The van der Waals surface area contributed by atoms with Crippen LogP contribution in [0.5, 0.6) is 0 Å². The second-order valence-corrected chi connectivity index (χ2v) is 9.28. The number of unbranched alkanes of at least 4 members (excludes halogenated alkanes) is 12. The summed E-state index contributed by atoms with van der Waals surface area (Å²) in [6, 6.07) is 0. The standard InChI is InChI=1S/C24H52N/c1-6-8-9-10-11-12-13-14-15-16-17-19-22-25(4,5)23-20-18-21-24(3)7-2/h24H,6-23H2,1-5H3/q+1. The van der Waals surface area contributed by atoms with E-state index in [1.54, 1.807) is 0 Å². The van der Waals surface area contributed by atoms with E-state index in [0.717, 1.165) is 5.92 Å². The van der Waals surface area contributed by atoms with Crippen molar-refractivity contribution in [2.24, 2.45) is 5.92 Å². The number of quaternary nitrogens is 1. The van der Waals surface area contributed by atoms with Crippen LogP contribution in [0.4, 0.5) is 0 Å². The summed E-state index contributed by atoms with van der Waals surface area (Å²) >= 11 is 0. The van der Waals surface area contributed by atoms with Gasteiger partial charge >= 0.3 is 0 Å². The van der Waals surface area contributed by atoms with Crippen molar-refractivity contribution in [1.29, 1.82) is 0 Å². The molecule has 0 rings (SSSR count). The Morgan fingerprint density at radius 2 is 0.960 bits per heavy atom. The molecule has 0 bridgehead atoms. The van der Waals surface area contributed by atoms with Gasteiger partial charge in [0.15, 0.2) is 0 Å². The summed E-state index contributed by atoms with van der Waals surface area (Å²) in [5, 5.41) is 0. The smallest absolute Gasteiger partial charge is 0.0782 e. The quantitative estimate of drug-likeness (QED) is 0.163. The molecule has 152 valence electrons. The van der Waals surface area contributed by atoms with Crippen LogP contribution in [-0.2, 0) is 0 Å². The molecule has 0 aromatic carbocycles. The van der Waals surface area contributed by atoms with Crippen LogP contribution in [0.15, 0.2) is 0 Å². The molecule has 25 heavy (non-hydrogen) atoms. The minimum Gasteiger partial charge on any atom is -0.328 e. The Balaban J connectivity index is 3.34. The van der Waals surface area contributed by atoms with E-state index in [4.69, 9.17) is 0 Å². The molecule has 0 amide bonds. The summed E-state index contributed by atoms with van der Waals surface area (Å²) in [6.45, 7) is 9.76. The summed E-state index contributed by atoms with van der Waals surface area (Å²) in [4.78, 5) is 0. The molecule has 0 saturated carbocycles. The maximum atomic E-state index is 2.43. The second-order valence-electron chi connectivity index (χ2n) is 9.28. The first-order valence-corrected chi connectivity index (χ1v) is 11.8. The lowest BCUT2D eigenvalue weighted by Crippen LogP contribution is -2.41. The predicted molar refractivity (Wildman–Crippen MR) is 116 cm³/mol. The molecule has 0 aliphatic heterocycles. The highest BCUT2D eigenvalue weighted by atomic mass is 15.3. The predicted octanol–water partition coefficient (Wildman–Crippen LogP) is 7.98. The van der Waals surface area contributed by atoms with E-state index in [2.05, 4.69) is 34.9 Å². The van der Waals surface area contributed by atoms with E-state index in [1.807, 2.05) is 0 Å². The maximum absolute atomic E-state index is 2.43. The van der Waals surface area contributed by atoms with E-state index in [0.29, 0.717) is 0 Å². The summed E-state index contributed by atoms with van der Waals surface area (Å²) in [6.07, 6.45) is 23.1. The van der Waals surface area contributed by atoms with Gasteiger partial charge in [0.05, 0.1) is 27.2 Å². The zero-order chi connectivity index (χ0) is 18.8. The zero-order valence-electron chi connectivity index (χ0n) is 18.8. The molecule has 0 aliphatic carbocycles. The monoisotopic (exact) mass is 354 g/mol. The van der Waals surface area contributed by atoms with Crippen LogP contribution in [0.2, 0.25) is 0 Å². The second kappa shape index (κ2) is 17.4. The number of hydrogen-bond acceptors (Lipinski definition) is 0. The van der Waals surface area contributed by atoms with Crippen molar-refractivity contribution in [3.05, 3.63) is 0 Å². The number of rotatable bonds is 19. The van der Waals surface area contributed by atoms with Crippen molar-refractivity contribution in [2.75, 3.05) is 27.2 Å². The van der Waals surface area contributed by atoms with Crippen molar-refractivity contribution < 1.29 is 4.48 Å². The average Bonchev–Trinajstić information content (AvgIpc) is 2.59. The van der Waals surface area contributed by atoms with Gasteiger partial charge in [0.25, 0.3) is 0 Å². The molecule has 0 aliphatic rings. The maximum Gasteiger partial charge on any atom is 0.0782 e. The summed E-state index contributed by atoms with van der Waals surface area (Å²) in [5.74, 6) is 0.923. The van der Waals surface area contributed by atoms with Gasteiger partial charge in [-0.2, -0.15) is 0 Å². The first kappa shape index (κ1) is 25.0. The van der Waals surface area contributed by atoms with Gasteiger partial charge in [0, 0.05) is 0 Å². The lowest BCUT2D eigenvalue weighted by molar-refractivity contribution is -0.890. The van der Waals surface area contributed by atoms with Crippen LogP contribution in [0.25, 0.3) is 0 Å². The van der Waals surface area contributed by atoms with Crippen LogP contribution < -0.4 is 0 Å². The van der Waals surface area contributed by atoms with Crippen LogP contribution in [0.3, 0.4) is 0 Å². The Bertz CT molecular complexity index is 259. The topological polar surface area (TPSA) is 0 Å². The Kier molecular flexibility index (Phi) is 17.3. The highest BCUT2D eigenvalue weighted by molar-refractivity contribution is 4.51. The molecule has 0 spiro atoms. The number of nitrogens with zero attached hydrogens (tertiary/aromatic N) is 1. The normalized spacial score (nSPS) is 13.3. The highest BCUT2D eigenvalue weighted by Crippen LogP contribution is 2.15. The van der Waals surface area contributed by atoms with Crippen LogP contribution >= 0.6 is 0 Å². The van der Waals surface area contributed by atoms with Crippen molar-refractivity contribution in [2.45, 2.75) is 124 Å². The van der Waals surface area contributed by atoms with Gasteiger partial charge < -0.3 is 4.48 Å². The molecule has 1 unspecified atom stereocenters. The third-order valence-corrected chi connectivity index (χ3v) is 6.02. The molecule has 1 nitrogen and oxygen atoms in total. The molecule has 0 aromatic heterocycles. The van der Waals surface area contributed by atoms with E-state index in [1.165, 1.54) is 120 Å². The molecular formula is C24H52N+. The van der Waals surface area contributed by atoms with Crippen molar-refractivity contribution in [3.8, 4) is 0 Å². The highest BCUT2D eigenvalue weighted by Gasteiger charge is 2.13. The van der Waals surface area contributed by atoms with Gasteiger partial charge in [-0.3, -0.25) is 0 Å². The van der Waals surface area contributed by atoms with E-state index < -0.39 is 0 Å². The first-order valence-electron chi connectivity index (χ1n) is 11.8. The Hall–Kier alpha value is -0.0400. The third kappa shape index (κ3) is 18.5. The van der Waals surface area contributed by atoms with Gasteiger partial charge in [-0.25, -0.2) is 0 Å². The van der Waals surface area contributed by atoms with Crippen LogP contribution in [0.1, 0.15) is 124 Å². The Morgan fingerprint density at radius 3 is 1.40 bits per heavy atom. The minimum atomic E-state index is 0.923. The van der Waals surface area contributed by atoms with Crippen molar-refractivity contribution in [1.82, 2.24) is 0 Å². The fraction of sp³-hybridized carbons (Fsp3) is 1.00. The molecule has 0 N–H and O–H groups in total. The van der Waals surface area contributed by atoms with Crippen LogP contribution in [0, 0.1) is 5.92 Å². The van der Waals surface area contributed by atoms with Gasteiger partial charge in [-0.1, -0.05) is 97.8 Å². The van der Waals surface area contributed by atoms with E-state index in [-0.39, 0.29) is 0 Å². The Morgan fingerprint density at radius 1 is 0.560 bits per heavy atom. The van der Waals surface area contributed by atoms with Crippen molar-refractivity contribution in [3.63, 3.8) is 0 Å². The molecule has 0 heterocycles. The lowest BCUT2D eigenvalue weighted by atomic mass is 10.0. The fourth-order valence-corrected chi connectivity index (χ4v) is 3.73. The fourth-order valence-electron chi connectivity index (χ4n) is 3.73. The zero-order valence-corrected chi connectivity index (χ0v) is 18.8. The first-order chi connectivity index (χ1) is 12.0.